The molecule has 0 aliphatic carbocycles. The number of para-hydroxylation sites is 1. The number of phenols is 1. The molecule has 3 nitrogen and oxygen atoms in total. The number of anilines is 1. The number of halogens is 2. The maximum Gasteiger partial charge on any atom is 0.255 e. The van der Waals surface area contributed by atoms with Crippen LogP contribution < -0.4 is 5.32 Å². The molecule has 2 rings (SSSR count). The predicted octanol–water partition coefficient (Wildman–Crippen LogP) is 4.75. The van der Waals surface area contributed by atoms with Crippen molar-refractivity contribution in [2.45, 2.75) is 11.8 Å². The zero-order chi connectivity index (χ0) is 14.7. The SMILES string of the molecule is CC(Br)c1ccccc1NC(=O)c1ccc(O)c(Cl)c1. The average molecular weight is 355 g/mol. The van der Waals surface area contributed by atoms with Gasteiger partial charge < -0.3 is 10.4 Å². The highest BCUT2D eigenvalue weighted by molar-refractivity contribution is 9.09. The van der Waals surface area contributed by atoms with Crippen LogP contribution in [0.25, 0.3) is 0 Å². The molecule has 1 amide bonds. The lowest BCUT2D eigenvalue weighted by molar-refractivity contribution is 0.102. The largest absolute Gasteiger partial charge is 0.506 e. The molecule has 0 bridgehead atoms. The Morgan fingerprint density at radius 1 is 1.30 bits per heavy atom. The van der Waals surface area contributed by atoms with Crippen molar-refractivity contribution in [1.29, 1.82) is 0 Å². The summed E-state index contributed by atoms with van der Waals surface area (Å²) in [5.74, 6) is -0.315. The van der Waals surface area contributed by atoms with E-state index < -0.39 is 0 Å². The molecule has 2 aromatic carbocycles. The maximum atomic E-state index is 12.2. The van der Waals surface area contributed by atoms with Crippen LogP contribution in [0.5, 0.6) is 5.75 Å². The van der Waals surface area contributed by atoms with Crippen LogP contribution in [0, 0.1) is 0 Å². The zero-order valence-electron chi connectivity index (χ0n) is 10.7. The van der Waals surface area contributed by atoms with Gasteiger partial charge in [0.15, 0.2) is 0 Å². The summed E-state index contributed by atoms with van der Waals surface area (Å²) < 4.78 is 0. The van der Waals surface area contributed by atoms with E-state index >= 15 is 0 Å². The van der Waals surface area contributed by atoms with Crippen LogP contribution in [-0.4, -0.2) is 11.0 Å². The number of rotatable bonds is 3. The Bertz CT molecular complexity index is 644. The second-order valence-electron chi connectivity index (χ2n) is 4.32. The topological polar surface area (TPSA) is 49.3 Å². The predicted molar refractivity (Wildman–Crippen MR) is 84.9 cm³/mol. The summed E-state index contributed by atoms with van der Waals surface area (Å²) in [6, 6.07) is 11.9. The van der Waals surface area contributed by atoms with Gasteiger partial charge in [0.2, 0.25) is 0 Å². The standard InChI is InChI=1S/C15H13BrClNO2/c1-9(16)11-4-2-3-5-13(11)18-15(20)10-6-7-14(19)12(17)8-10/h2-9,19H,1H3,(H,18,20). The van der Waals surface area contributed by atoms with Gasteiger partial charge in [-0.1, -0.05) is 45.7 Å². The molecule has 0 aromatic heterocycles. The highest BCUT2D eigenvalue weighted by atomic mass is 79.9. The van der Waals surface area contributed by atoms with Crippen molar-refractivity contribution in [2.75, 3.05) is 5.32 Å². The molecule has 0 saturated carbocycles. The van der Waals surface area contributed by atoms with Crippen LogP contribution in [0.2, 0.25) is 5.02 Å². The van der Waals surface area contributed by atoms with E-state index in [1.165, 1.54) is 18.2 Å². The smallest absolute Gasteiger partial charge is 0.255 e. The number of alkyl halides is 1. The Labute approximate surface area is 130 Å². The van der Waals surface area contributed by atoms with E-state index in [9.17, 15) is 9.90 Å². The number of hydrogen-bond acceptors (Lipinski definition) is 2. The van der Waals surface area contributed by atoms with Crippen LogP contribution in [0.15, 0.2) is 42.5 Å². The number of nitrogens with one attached hydrogen (secondary N) is 1. The molecule has 1 unspecified atom stereocenters. The van der Waals surface area contributed by atoms with Gasteiger partial charge in [-0.15, -0.1) is 0 Å². The summed E-state index contributed by atoms with van der Waals surface area (Å²) in [5, 5.41) is 12.4. The molecule has 2 N–H and O–H groups in total. The first-order valence-electron chi connectivity index (χ1n) is 6.02. The highest BCUT2D eigenvalue weighted by Gasteiger charge is 2.12. The lowest BCUT2D eigenvalue weighted by Crippen LogP contribution is -2.13. The molecule has 0 radical (unpaired) electrons. The summed E-state index contributed by atoms with van der Waals surface area (Å²) in [6.45, 7) is 1.99. The lowest BCUT2D eigenvalue weighted by atomic mass is 10.1. The molecule has 20 heavy (non-hydrogen) atoms. The zero-order valence-corrected chi connectivity index (χ0v) is 13.1. The molecule has 0 fully saturated rings. The summed E-state index contributed by atoms with van der Waals surface area (Å²) in [6.07, 6.45) is 0. The third-order valence-corrected chi connectivity index (χ3v) is 3.64. The Morgan fingerprint density at radius 2 is 2.00 bits per heavy atom. The number of carbonyl (C=O) groups is 1. The Morgan fingerprint density at radius 3 is 2.65 bits per heavy atom. The Kier molecular flexibility index (Phi) is 4.68. The molecule has 0 heterocycles. The van der Waals surface area contributed by atoms with Crippen molar-refractivity contribution in [3.8, 4) is 5.75 Å². The Hall–Kier alpha value is -1.52. The number of aromatic hydroxyl groups is 1. The van der Waals surface area contributed by atoms with E-state index in [2.05, 4.69) is 21.2 Å². The number of amides is 1. The monoisotopic (exact) mass is 353 g/mol. The van der Waals surface area contributed by atoms with Crippen molar-refractivity contribution < 1.29 is 9.90 Å². The van der Waals surface area contributed by atoms with Crippen molar-refractivity contribution in [2.24, 2.45) is 0 Å². The van der Waals surface area contributed by atoms with E-state index in [1.807, 2.05) is 31.2 Å². The average Bonchev–Trinajstić information content (AvgIpc) is 2.42. The summed E-state index contributed by atoms with van der Waals surface area (Å²) in [7, 11) is 0. The number of hydrogen-bond donors (Lipinski definition) is 2. The van der Waals surface area contributed by atoms with Gasteiger partial charge in [0.25, 0.3) is 5.91 Å². The maximum absolute atomic E-state index is 12.2. The van der Waals surface area contributed by atoms with Crippen molar-refractivity contribution in [1.82, 2.24) is 0 Å². The van der Waals surface area contributed by atoms with E-state index in [-0.39, 0.29) is 21.5 Å². The lowest BCUT2D eigenvalue weighted by Gasteiger charge is -2.13. The molecular weight excluding hydrogens is 342 g/mol. The first kappa shape index (κ1) is 14.9. The number of carbonyl (C=O) groups excluding carboxylic acids is 1. The van der Waals surface area contributed by atoms with E-state index in [0.29, 0.717) is 5.56 Å². The molecule has 1 atom stereocenters. The van der Waals surface area contributed by atoms with Crippen LogP contribution in [0.1, 0.15) is 27.7 Å². The summed E-state index contributed by atoms with van der Waals surface area (Å²) in [4.78, 5) is 12.3. The van der Waals surface area contributed by atoms with Gasteiger partial charge in [0, 0.05) is 16.1 Å². The number of phenolic OH excluding ortho intramolecular Hbond substituents is 1. The molecule has 0 aliphatic rings. The second-order valence-corrected chi connectivity index (χ2v) is 6.10. The molecule has 2 aromatic rings. The van der Waals surface area contributed by atoms with Crippen LogP contribution in [0.3, 0.4) is 0 Å². The van der Waals surface area contributed by atoms with Crippen LogP contribution >= 0.6 is 27.5 Å². The van der Waals surface area contributed by atoms with Crippen molar-refractivity contribution in [3.05, 3.63) is 58.6 Å². The summed E-state index contributed by atoms with van der Waals surface area (Å²) >= 11 is 9.30. The fourth-order valence-corrected chi connectivity index (χ4v) is 2.38. The first-order chi connectivity index (χ1) is 9.49. The molecule has 5 heteroatoms. The van der Waals surface area contributed by atoms with E-state index in [0.717, 1.165) is 11.3 Å². The van der Waals surface area contributed by atoms with Gasteiger partial charge in [-0.25, -0.2) is 0 Å². The van der Waals surface area contributed by atoms with Gasteiger partial charge in [-0.05, 0) is 36.8 Å². The van der Waals surface area contributed by atoms with Gasteiger partial charge in [0.1, 0.15) is 5.75 Å². The fraction of sp³-hybridized carbons (Fsp3) is 0.133. The first-order valence-corrected chi connectivity index (χ1v) is 7.31. The second kappa shape index (κ2) is 6.29. The molecule has 0 aliphatic heterocycles. The van der Waals surface area contributed by atoms with Gasteiger partial charge in [0.05, 0.1) is 5.02 Å². The third kappa shape index (κ3) is 3.32. The van der Waals surface area contributed by atoms with Crippen LogP contribution in [0.4, 0.5) is 5.69 Å². The van der Waals surface area contributed by atoms with E-state index in [1.54, 1.807) is 0 Å². The van der Waals surface area contributed by atoms with Crippen molar-refractivity contribution >= 4 is 39.1 Å². The summed E-state index contributed by atoms with van der Waals surface area (Å²) in [5.41, 5.74) is 2.13. The fourth-order valence-electron chi connectivity index (χ4n) is 1.80. The van der Waals surface area contributed by atoms with Gasteiger partial charge in [-0.3, -0.25) is 4.79 Å². The minimum absolute atomic E-state index is 0.0438. The Balaban J connectivity index is 2.26. The normalized spacial score (nSPS) is 11.9. The van der Waals surface area contributed by atoms with Gasteiger partial charge >= 0.3 is 0 Å². The quantitative estimate of drug-likeness (QED) is 0.781. The molecule has 104 valence electrons. The minimum atomic E-state index is -0.271. The van der Waals surface area contributed by atoms with Crippen LogP contribution in [-0.2, 0) is 0 Å². The molecular formula is C15H13BrClNO2. The highest BCUT2D eigenvalue weighted by Crippen LogP contribution is 2.29. The minimum Gasteiger partial charge on any atom is -0.506 e. The van der Waals surface area contributed by atoms with Crippen molar-refractivity contribution in [3.63, 3.8) is 0 Å². The molecule has 0 spiro atoms. The van der Waals surface area contributed by atoms with Gasteiger partial charge in [-0.2, -0.15) is 0 Å². The third-order valence-electron chi connectivity index (χ3n) is 2.85. The molecule has 0 saturated heterocycles. The van der Waals surface area contributed by atoms with E-state index in [4.69, 9.17) is 11.6 Å². The number of benzene rings is 2.